The molecule has 1 aromatic heterocycles. The number of thioether (sulfide) groups is 1. The van der Waals surface area contributed by atoms with E-state index >= 15 is 0 Å². The number of aliphatic carboxylic acids is 1. The van der Waals surface area contributed by atoms with Gasteiger partial charge in [-0.3, -0.25) is 9.80 Å². The normalized spacial score (nSPS) is 10.0. The Morgan fingerprint density at radius 3 is 2.92 bits per heavy atom. The lowest BCUT2D eigenvalue weighted by Crippen LogP contribution is -2.27. The Balaban J connectivity index is 2.65. The third-order valence-corrected chi connectivity index (χ3v) is 2.02. The predicted molar refractivity (Wildman–Crippen MR) is 46.2 cm³/mol. The quantitative estimate of drug-likeness (QED) is 0.631. The summed E-state index contributed by atoms with van der Waals surface area (Å²) in [6, 6.07) is 0. The Kier molecular flexibility index (Phi) is 3.07. The highest BCUT2D eigenvalue weighted by Crippen LogP contribution is 2.11. The van der Waals surface area contributed by atoms with Crippen molar-refractivity contribution in [3.63, 3.8) is 0 Å². The summed E-state index contributed by atoms with van der Waals surface area (Å²) in [7, 11) is 3.53. The van der Waals surface area contributed by atoms with Gasteiger partial charge in [-0.05, 0) is 10.4 Å². The number of carbonyl (C=O) groups is 1. The Labute approximate surface area is 78.7 Å². The molecule has 0 saturated heterocycles. The molecule has 0 aromatic carbocycles. The molecule has 0 aliphatic heterocycles. The Morgan fingerprint density at radius 1 is 1.69 bits per heavy atom. The summed E-state index contributed by atoms with van der Waals surface area (Å²) in [6.07, 6.45) is 0. The van der Waals surface area contributed by atoms with Gasteiger partial charge in [-0.1, -0.05) is 16.9 Å². The fraction of sp³-hybridized carbons (Fsp3) is 0.600. The van der Waals surface area contributed by atoms with E-state index in [2.05, 4.69) is 15.5 Å². The maximum Gasteiger partial charge on any atom is 0.313 e. The molecule has 0 amide bonds. The number of aromatic nitrogens is 4. The number of carboxylic acid groups (broad SMARTS) is 1. The van der Waals surface area contributed by atoms with Crippen molar-refractivity contribution in [1.82, 2.24) is 20.3 Å². The molecule has 13 heavy (non-hydrogen) atoms. The first-order valence-corrected chi connectivity index (χ1v) is 4.40. The molecule has 7 nitrogen and oxygen atoms in total. The lowest BCUT2D eigenvalue weighted by Gasteiger charge is -2.11. The van der Waals surface area contributed by atoms with Crippen LogP contribution >= 0.6 is 11.8 Å². The molecule has 0 unspecified atom stereocenters. The fourth-order valence-electron chi connectivity index (χ4n) is 0.638. The first-order valence-electron chi connectivity index (χ1n) is 3.42. The third-order valence-electron chi connectivity index (χ3n) is 1.13. The molecule has 0 spiro atoms. The van der Waals surface area contributed by atoms with Crippen LogP contribution in [0.4, 0.5) is 0 Å². The number of hydrogen-bond acceptors (Lipinski definition) is 6. The first-order chi connectivity index (χ1) is 6.11. The molecular formula is C5H9N5O2S. The van der Waals surface area contributed by atoms with Crippen molar-refractivity contribution < 1.29 is 9.90 Å². The molecule has 0 aliphatic carbocycles. The minimum absolute atomic E-state index is 0.0474. The summed E-state index contributed by atoms with van der Waals surface area (Å²) < 4.78 is 0. The van der Waals surface area contributed by atoms with Crippen LogP contribution in [0.25, 0.3) is 0 Å². The number of nitrogens with zero attached hydrogens (tertiary/aromatic N) is 5. The maximum absolute atomic E-state index is 10.3. The van der Waals surface area contributed by atoms with Crippen LogP contribution in [-0.4, -0.2) is 51.2 Å². The highest BCUT2D eigenvalue weighted by atomic mass is 32.2. The number of rotatable bonds is 4. The van der Waals surface area contributed by atoms with E-state index in [0.717, 1.165) is 11.8 Å². The maximum atomic E-state index is 10.3. The summed E-state index contributed by atoms with van der Waals surface area (Å²) in [5.74, 6) is -0.938. The summed E-state index contributed by atoms with van der Waals surface area (Å²) in [5, 5.41) is 21.3. The summed E-state index contributed by atoms with van der Waals surface area (Å²) in [5.41, 5.74) is 0. The van der Waals surface area contributed by atoms with Crippen molar-refractivity contribution >= 4 is 17.7 Å². The Bertz CT molecular complexity index is 299. The number of hydrogen-bond donors (Lipinski definition) is 1. The van der Waals surface area contributed by atoms with Gasteiger partial charge in [-0.2, -0.15) is 0 Å². The summed E-state index contributed by atoms with van der Waals surface area (Å²) in [6.45, 7) is 0. The van der Waals surface area contributed by atoms with Crippen molar-refractivity contribution in [2.45, 2.75) is 5.16 Å². The van der Waals surface area contributed by atoms with E-state index in [0.29, 0.717) is 5.16 Å². The van der Waals surface area contributed by atoms with Gasteiger partial charge in [0.05, 0.1) is 5.75 Å². The molecule has 0 bridgehead atoms. The first kappa shape index (κ1) is 9.78. The largest absolute Gasteiger partial charge is 0.481 e. The molecule has 72 valence electrons. The molecule has 8 heteroatoms. The molecule has 0 radical (unpaired) electrons. The average Bonchev–Trinajstić information content (AvgIpc) is 2.47. The van der Waals surface area contributed by atoms with Gasteiger partial charge in [0, 0.05) is 14.1 Å². The predicted octanol–water partition coefficient (Wildman–Crippen LogP) is -0.953. The average molecular weight is 203 g/mol. The lowest BCUT2D eigenvalue weighted by atomic mass is 10.8. The van der Waals surface area contributed by atoms with Crippen molar-refractivity contribution in [3.05, 3.63) is 0 Å². The third kappa shape index (κ3) is 2.58. The number of tetrazole rings is 1. The van der Waals surface area contributed by atoms with Gasteiger partial charge in [0.25, 0.3) is 0 Å². The Hall–Kier alpha value is -1.31. The van der Waals surface area contributed by atoms with E-state index in [4.69, 9.17) is 5.11 Å². The minimum Gasteiger partial charge on any atom is -0.481 e. The van der Waals surface area contributed by atoms with Crippen LogP contribution in [0, 0.1) is 0 Å². The standard InChI is InChI=1S/C5H9N5O2S/c1-9(2)10-5(6-7-8-10)13-3-4(11)12/h3H2,1-2H3,(H,11,12). The molecule has 0 fully saturated rings. The van der Waals surface area contributed by atoms with E-state index in [1.807, 2.05) is 0 Å². The van der Waals surface area contributed by atoms with Crippen LogP contribution in [-0.2, 0) is 4.79 Å². The van der Waals surface area contributed by atoms with E-state index < -0.39 is 5.97 Å². The molecule has 1 N–H and O–H groups in total. The Morgan fingerprint density at radius 2 is 2.38 bits per heavy atom. The zero-order valence-electron chi connectivity index (χ0n) is 7.21. The molecule has 1 rings (SSSR count). The molecule has 0 saturated carbocycles. The van der Waals surface area contributed by atoms with E-state index in [1.165, 1.54) is 4.79 Å². The van der Waals surface area contributed by atoms with Crippen LogP contribution in [0.1, 0.15) is 0 Å². The van der Waals surface area contributed by atoms with Crippen molar-refractivity contribution in [2.75, 3.05) is 24.9 Å². The van der Waals surface area contributed by atoms with Crippen LogP contribution in [0.15, 0.2) is 5.16 Å². The molecule has 1 aromatic rings. The van der Waals surface area contributed by atoms with Crippen LogP contribution in [0.2, 0.25) is 0 Å². The monoisotopic (exact) mass is 203 g/mol. The van der Waals surface area contributed by atoms with Gasteiger partial charge in [0.15, 0.2) is 0 Å². The van der Waals surface area contributed by atoms with Crippen LogP contribution in [0.3, 0.4) is 0 Å². The number of carboxylic acids is 1. The van der Waals surface area contributed by atoms with E-state index in [1.54, 1.807) is 19.1 Å². The van der Waals surface area contributed by atoms with Crippen molar-refractivity contribution in [1.29, 1.82) is 0 Å². The second kappa shape index (κ2) is 4.08. The molecule has 0 aliphatic rings. The highest BCUT2D eigenvalue weighted by Gasteiger charge is 2.09. The molecule has 1 heterocycles. The van der Waals surface area contributed by atoms with Crippen molar-refractivity contribution in [2.24, 2.45) is 0 Å². The summed E-state index contributed by atoms with van der Waals surface area (Å²) in [4.78, 5) is 11.7. The summed E-state index contributed by atoms with van der Waals surface area (Å²) >= 11 is 1.08. The van der Waals surface area contributed by atoms with E-state index in [-0.39, 0.29) is 5.75 Å². The van der Waals surface area contributed by atoms with Gasteiger partial charge >= 0.3 is 5.97 Å². The topological polar surface area (TPSA) is 84.1 Å². The fourth-order valence-corrected chi connectivity index (χ4v) is 1.30. The van der Waals surface area contributed by atoms with Crippen LogP contribution < -0.4 is 5.01 Å². The zero-order valence-corrected chi connectivity index (χ0v) is 8.02. The van der Waals surface area contributed by atoms with Gasteiger partial charge in [-0.15, -0.1) is 4.79 Å². The smallest absolute Gasteiger partial charge is 0.313 e. The van der Waals surface area contributed by atoms with Crippen molar-refractivity contribution in [3.8, 4) is 0 Å². The van der Waals surface area contributed by atoms with Gasteiger partial charge in [-0.25, -0.2) is 0 Å². The second-order valence-electron chi connectivity index (χ2n) is 2.38. The van der Waals surface area contributed by atoms with Gasteiger partial charge in [0.1, 0.15) is 0 Å². The SMILES string of the molecule is CN(C)n1nnnc1SCC(=O)O. The minimum atomic E-state index is -0.890. The molecular weight excluding hydrogens is 194 g/mol. The highest BCUT2D eigenvalue weighted by molar-refractivity contribution is 7.99. The van der Waals surface area contributed by atoms with Gasteiger partial charge in [0.2, 0.25) is 5.16 Å². The lowest BCUT2D eigenvalue weighted by molar-refractivity contribution is -0.133. The zero-order chi connectivity index (χ0) is 9.84. The second-order valence-corrected chi connectivity index (χ2v) is 3.32. The van der Waals surface area contributed by atoms with E-state index in [9.17, 15) is 4.79 Å². The van der Waals surface area contributed by atoms with Crippen LogP contribution in [0.5, 0.6) is 0 Å². The van der Waals surface area contributed by atoms with Gasteiger partial charge < -0.3 is 5.11 Å². The molecule has 0 atom stereocenters.